The van der Waals surface area contributed by atoms with E-state index in [1.807, 2.05) is 6.92 Å². The number of nitrogens with one attached hydrogen (secondary N) is 1. The van der Waals surface area contributed by atoms with E-state index in [-0.39, 0.29) is 11.5 Å². The molecule has 0 aromatic carbocycles. The number of carbonyl (C=O) groups excluding carboxylic acids is 1. The third-order valence-corrected chi connectivity index (χ3v) is 5.59. The summed E-state index contributed by atoms with van der Waals surface area (Å²) >= 11 is 0. The molecule has 1 amide bonds. The first-order valence-electron chi connectivity index (χ1n) is 7.94. The maximum atomic E-state index is 12.8. The molecule has 0 aliphatic carbocycles. The fraction of sp³-hybridized carbons (Fsp3) is 0.625. The van der Waals surface area contributed by atoms with Crippen molar-refractivity contribution in [3.8, 4) is 0 Å². The topological polar surface area (TPSA) is 54.3 Å². The van der Waals surface area contributed by atoms with Gasteiger partial charge in [0, 0.05) is 49.5 Å². The minimum absolute atomic E-state index is 0.0530. The number of rotatable bonds is 2. The highest BCUT2D eigenvalue weighted by molar-refractivity contribution is 5.95. The van der Waals surface area contributed by atoms with Crippen LogP contribution in [0.15, 0.2) is 23.1 Å². The molecule has 4 rings (SSSR count). The monoisotopic (exact) mass is 287 g/mol. The van der Waals surface area contributed by atoms with Gasteiger partial charge in [-0.15, -0.1) is 0 Å². The van der Waals surface area contributed by atoms with Gasteiger partial charge in [0.1, 0.15) is 0 Å². The van der Waals surface area contributed by atoms with Gasteiger partial charge in [-0.25, -0.2) is 0 Å². The predicted molar refractivity (Wildman–Crippen MR) is 79.2 cm³/mol. The van der Waals surface area contributed by atoms with Crippen LogP contribution in [-0.2, 0) is 6.54 Å². The van der Waals surface area contributed by atoms with Crippen molar-refractivity contribution in [1.82, 2.24) is 14.8 Å². The molecule has 3 fully saturated rings. The van der Waals surface area contributed by atoms with E-state index in [1.54, 1.807) is 16.8 Å². The van der Waals surface area contributed by atoms with E-state index in [4.69, 9.17) is 0 Å². The van der Waals surface area contributed by atoms with Crippen LogP contribution in [0.25, 0.3) is 0 Å². The average Bonchev–Trinajstić information content (AvgIpc) is 3.18. The van der Waals surface area contributed by atoms with Gasteiger partial charge in [0.25, 0.3) is 11.5 Å². The number of carbonyl (C=O) groups is 1. The van der Waals surface area contributed by atoms with Gasteiger partial charge in [0.05, 0.1) is 0 Å². The van der Waals surface area contributed by atoms with Crippen LogP contribution in [0.4, 0.5) is 0 Å². The Hall–Kier alpha value is -1.62. The lowest BCUT2D eigenvalue weighted by atomic mass is 9.82. The lowest BCUT2D eigenvalue weighted by Crippen LogP contribution is -2.39. The van der Waals surface area contributed by atoms with E-state index in [0.717, 1.165) is 25.9 Å². The Bertz CT molecular complexity index is 621. The zero-order valence-electron chi connectivity index (χ0n) is 12.3. The Kier molecular flexibility index (Phi) is 2.92. The van der Waals surface area contributed by atoms with E-state index in [9.17, 15) is 9.59 Å². The van der Waals surface area contributed by atoms with E-state index >= 15 is 0 Å². The van der Waals surface area contributed by atoms with Crippen LogP contribution >= 0.6 is 0 Å². The summed E-state index contributed by atoms with van der Waals surface area (Å²) in [6.45, 7) is 4.63. The molecule has 1 aromatic heterocycles. The van der Waals surface area contributed by atoms with Crippen LogP contribution < -0.4 is 10.9 Å². The van der Waals surface area contributed by atoms with E-state index in [1.165, 1.54) is 6.07 Å². The SMILES string of the molecule is CCn1ccc(C(=O)N2[C@@H]3CC[C@H]2[C@H]2CNC[C@H]23)cc1=O. The summed E-state index contributed by atoms with van der Waals surface area (Å²) in [4.78, 5) is 26.9. The van der Waals surface area contributed by atoms with Crippen LogP contribution in [0, 0.1) is 11.8 Å². The molecule has 0 unspecified atom stereocenters. The van der Waals surface area contributed by atoms with Crippen LogP contribution in [0.1, 0.15) is 30.1 Å². The Morgan fingerprint density at radius 2 is 1.95 bits per heavy atom. The Balaban J connectivity index is 1.64. The lowest BCUT2D eigenvalue weighted by molar-refractivity contribution is 0.0709. The number of hydrogen-bond donors (Lipinski definition) is 1. The highest BCUT2D eigenvalue weighted by atomic mass is 16.2. The molecule has 21 heavy (non-hydrogen) atoms. The highest BCUT2D eigenvalue weighted by Crippen LogP contribution is 2.47. The minimum atomic E-state index is -0.0863. The first-order chi connectivity index (χ1) is 10.2. The molecule has 1 aromatic rings. The minimum Gasteiger partial charge on any atom is -0.332 e. The van der Waals surface area contributed by atoms with Gasteiger partial charge >= 0.3 is 0 Å². The number of hydrogen-bond acceptors (Lipinski definition) is 3. The Morgan fingerprint density at radius 3 is 2.52 bits per heavy atom. The fourth-order valence-electron chi connectivity index (χ4n) is 4.62. The summed E-state index contributed by atoms with van der Waals surface area (Å²) in [6, 6.07) is 4.03. The summed E-state index contributed by atoms with van der Waals surface area (Å²) in [7, 11) is 0. The normalized spacial score (nSPS) is 33.5. The standard InChI is InChI=1S/C16H21N3O2/c1-2-18-6-5-10(7-15(18)20)16(21)19-13-3-4-14(19)12-9-17-8-11(12)13/h5-7,11-14,17H,2-4,8-9H2,1H3/t11-,12+,13-,14+. The second-order valence-electron chi connectivity index (χ2n) is 6.45. The molecule has 5 nitrogen and oxygen atoms in total. The van der Waals surface area contributed by atoms with Crippen LogP contribution in [0.5, 0.6) is 0 Å². The molecule has 5 heteroatoms. The molecule has 0 spiro atoms. The lowest BCUT2D eigenvalue weighted by Gasteiger charge is -2.24. The third-order valence-electron chi connectivity index (χ3n) is 5.59. The van der Waals surface area contributed by atoms with Gasteiger partial charge in [-0.05, 0) is 37.7 Å². The van der Waals surface area contributed by atoms with E-state index in [0.29, 0.717) is 36.0 Å². The van der Waals surface area contributed by atoms with Gasteiger partial charge in [-0.1, -0.05) is 0 Å². The number of aryl methyl sites for hydroxylation is 1. The van der Waals surface area contributed by atoms with Crippen LogP contribution in [0.3, 0.4) is 0 Å². The number of fused-ring (bicyclic) bond motifs is 5. The number of pyridine rings is 1. The molecule has 112 valence electrons. The zero-order valence-corrected chi connectivity index (χ0v) is 12.3. The van der Waals surface area contributed by atoms with Crippen molar-refractivity contribution in [3.05, 3.63) is 34.2 Å². The zero-order chi connectivity index (χ0) is 14.6. The van der Waals surface area contributed by atoms with E-state index in [2.05, 4.69) is 10.2 Å². The highest BCUT2D eigenvalue weighted by Gasteiger charge is 2.56. The second-order valence-corrected chi connectivity index (χ2v) is 6.45. The maximum absolute atomic E-state index is 12.8. The number of aromatic nitrogens is 1. The summed E-state index contributed by atoms with van der Waals surface area (Å²) in [5.41, 5.74) is 0.464. The smallest absolute Gasteiger partial charge is 0.254 e. The first-order valence-corrected chi connectivity index (χ1v) is 7.94. The van der Waals surface area contributed by atoms with Gasteiger partial charge in [0.2, 0.25) is 0 Å². The molecule has 2 bridgehead atoms. The quantitative estimate of drug-likeness (QED) is 0.871. The van der Waals surface area contributed by atoms with Crippen molar-refractivity contribution in [3.63, 3.8) is 0 Å². The Morgan fingerprint density at radius 1 is 1.29 bits per heavy atom. The fourth-order valence-corrected chi connectivity index (χ4v) is 4.62. The molecule has 3 aliphatic heterocycles. The van der Waals surface area contributed by atoms with Gasteiger partial charge in [-0.2, -0.15) is 0 Å². The number of nitrogens with zero attached hydrogens (tertiary/aromatic N) is 2. The van der Waals surface area contributed by atoms with Crippen molar-refractivity contribution < 1.29 is 4.79 Å². The molecule has 1 N–H and O–H groups in total. The molecule has 0 radical (unpaired) electrons. The largest absolute Gasteiger partial charge is 0.332 e. The first kappa shape index (κ1) is 13.1. The van der Waals surface area contributed by atoms with Gasteiger partial charge in [0.15, 0.2) is 0 Å². The number of amides is 1. The maximum Gasteiger partial charge on any atom is 0.254 e. The average molecular weight is 287 g/mol. The molecular formula is C16H21N3O2. The van der Waals surface area contributed by atoms with Crippen molar-refractivity contribution in [1.29, 1.82) is 0 Å². The molecule has 3 aliphatic rings. The third kappa shape index (κ3) is 1.80. The van der Waals surface area contributed by atoms with Crippen molar-refractivity contribution >= 4 is 5.91 Å². The Labute approximate surface area is 123 Å². The van der Waals surface area contributed by atoms with Gasteiger partial charge in [-0.3, -0.25) is 9.59 Å². The van der Waals surface area contributed by atoms with E-state index < -0.39 is 0 Å². The molecule has 3 saturated heterocycles. The molecule has 0 saturated carbocycles. The van der Waals surface area contributed by atoms with Crippen molar-refractivity contribution in [2.24, 2.45) is 11.8 Å². The summed E-state index contributed by atoms with van der Waals surface area (Å²) < 4.78 is 1.62. The van der Waals surface area contributed by atoms with Crippen molar-refractivity contribution in [2.45, 2.75) is 38.4 Å². The van der Waals surface area contributed by atoms with Gasteiger partial charge < -0.3 is 14.8 Å². The van der Waals surface area contributed by atoms with Crippen LogP contribution in [-0.4, -0.2) is 40.5 Å². The molecule has 4 atom stereocenters. The van der Waals surface area contributed by atoms with Crippen molar-refractivity contribution in [2.75, 3.05) is 13.1 Å². The summed E-state index contributed by atoms with van der Waals surface area (Å²) in [5.74, 6) is 1.28. The predicted octanol–water partition coefficient (Wildman–Crippen LogP) is 0.691. The van der Waals surface area contributed by atoms with Crippen LogP contribution in [0.2, 0.25) is 0 Å². The second kappa shape index (κ2) is 4.70. The summed E-state index contributed by atoms with van der Waals surface area (Å²) in [5, 5.41) is 3.46. The summed E-state index contributed by atoms with van der Waals surface area (Å²) in [6.07, 6.45) is 3.96. The molecule has 4 heterocycles. The molecular weight excluding hydrogens is 266 g/mol.